The van der Waals surface area contributed by atoms with Gasteiger partial charge in [0.2, 0.25) is 0 Å². The quantitative estimate of drug-likeness (QED) is 0.622. The molecule has 1 heterocycles. The molecule has 0 aliphatic carbocycles. The van der Waals surface area contributed by atoms with E-state index in [1.54, 1.807) is 24.3 Å². The van der Waals surface area contributed by atoms with E-state index in [9.17, 15) is 14.4 Å². The largest absolute Gasteiger partial charge is 0.456 e. The molecule has 1 saturated heterocycles. The lowest BCUT2D eigenvalue weighted by atomic mass is 10.1. The van der Waals surface area contributed by atoms with Gasteiger partial charge in [-0.3, -0.25) is 10.1 Å². The summed E-state index contributed by atoms with van der Waals surface area (Å²) in [6.45, 7) is 0.0233. The number of cyclic esters (lactones) is 1. The van der Waals surface area contributed by atoms with Crippen LogP contribution in [0.5, 0.6) is 0 Å². The fraction of sp³-hybridized carbons (Fsp3) is 0.250. The van der Waals surface area contributed by atoms with Crippen LogP contribution in [0.25, 0.3) is 0 Å². The van der Waals surface area contributed by atoms with Gasteiger partial charge in [-0.2, -0.15) is 0 Å². The van der Waals surface area contributed by atoms with Crippen molar-refractivity contribution >= 4 is 18.0 Å². The molecule has 3 rings (SSSR count). The number of carbonyl (C=O) groups is 3. The van der Waals surface area contributed by atoms with Crippen LogP contribution in [0.2, 0.25) is 0 Å². The summed E-state index contributed by atoms with van der Waals surface area (Å²) in [5.74, 6) is -1.43. The van der Waals surface area contributed by atoms with Crippen molar-refractivity contribution in [2.75, 3.05) is 0 Å². The number of carbonyl (C=O) groups excluding carboxylic acids is 3. The van der Waals surface area contributed by atoms with Crippen LogP contribution < -0.4 is 5.32 Å². The van der Waals surface area contributed by atoms with Crippen molar-refractivity contribution in [1.82, 2.24) is 5.32 Å². The summed E-state index contributed by atoms with van der Waals surface area (Å²) < 4.78 is 15.5. The summed E-state index contributed by atoms with van der Waals surface area (Å²) in [5, 5.41) is 2.35. The van der Waals surface area contributed by atoms with E-state index in [1.165, 1.54) is 0 Å². The molecular formula is C20H19NO6. The molecule has 2 aromatic carbocycles. The fourth-order valence-corrected chi connectivity index (χ4v) is 2.62. The highest BCUT2D eigenvalue weighted by Gasteiger charge is 2.50. The van der Waals surface area contributed by atoms with E-state index < -0.39 is 23.8 Å². The van der Waals surface area contributed by atoms with E-state index in [-0.39, 0.29) is 26.1 Å². The van der Waals surface area contributed by atoms with Gasteiger partial charge in [-0.05, 0) is 11.1 Å². The molecule has 0 saturated carbocycles. The maximum Gasteiger partial charge on any atom is 0.411 e. The van der Waals surface area contributed by atoms with Crippen LogP contribution in [0.1, 0.15) is 24.0 Å². The Morgan fingerprint density at radius 3 is 2.00 bits per heavy atom. The highest BCUT2D eigenvalue weighted by atomic mass is 16.6. The van der Waals surface area contributed by atoms with Crippen LogP contribution in [0.4, 0.5) is 4.79 Å². The normalized spacial score (nSPS) is 18.4. The van der Waals surface area contributed by atoms with Crippen molar-refractivity contribution in [1.29, 1.82) is 0 Å². The molecule has 1 unspecified atom stereocenters. The zero-order valence-corrected chi connectivity index (χ0v) is 14.6. The Labute approximate surface area is 156 Å². The van der Waals surface area contributed by atoms with E-state index in [0.29, 0.717) is 0 Å². The van der Waals surface area contributed by atoms with E-state index in [4.69, 9.17) is 14.2 Å². The van der Waals surface area contributed by atoms with Gasteiger partial charge in [-0.25, -0.2) is 9.59 Å². The minimum atomic E-state index is -1.86. The predicted molar refractivity (Wildman–Crippen MR) is 94.1 cm³/mol. The summed E-state index contributed by atoms with van der Waals surface area (Å²) in [4.78, 5) is 36.2. The van der Waals surface area contributed by atoms with Crippen molar-refractivity contribution in [3.63, 3.8) is 0 Å². The first-order chi connectivity index (χ1) is 13.1. The van der Waals surface area contributed by atoms with Crippen molar-refractivity contribution in [3.8, 4) is 0 Å². The Morgan fingerprint density at radius 2 is 1.48 bits per heavy atom. The molecule has 1 atom stereocenters. The molecule has 0 spiro atoms. The molecule has 1 amide bonds. The minimum Gasteiger partial charge on any atom is -0.456 e. The number of esters is 2. The molecule has 0 bridgehead atoms. The smallest absolute Gasteiger partial charge is 0.411 e. The highest BCUT2D eigenvalue weighted by Crippen LogP contribution is 2.26. The summed E-state index contributed by atoms with van der Waals surface area (Å²) in [6, 6.07) is 18.1. The number of hydrogen-bond donors (Lipinski definition) is 1. The lowest BCUT2D eigenvalue weighted by molar-refractivity contribution is -0.178. The molecule has 0 aromatic heterocycles. The number of alkyl carbamates (subject to hydrolysis) is 1. The molecule has 7 heteroatoms. The molecule has 1 N–H and O–H groups in total. The van der Waals surface area contributed by atoms with Crippen LogP contribution in [0.15, 0.2) is 60.7 Å². The fourth-order valence-electron chi connectivity index (χ4n) is 2.62. The third-order valence-electron chi connectivity index (χ3n) is 4.03. The summed E-state index contributed by atoms with van der Waals surface area (Å²) in [5.41, 5.74) is -0.298. The van der Waals surface area contributed by atoms with Gasteiger partial charge in [0.15, 0.2) is 0 Å². The Bertz CT molecular complexity index is 808. The van der Waals surface area contributed by atoms with Crippen LogP contribution in [0.3, 0.4) is 0 Å². The Balaban J connectivity index is 1.60. The molecule has 1 aliphatic rings. The van der Waals surface area contributed by atoms with E-state index in [1.807, 2.05) is 36.4 Å². The minimum absolute atomic E-state index is 0.000281. The Hall–Kier alpha value is -3.35. The van der Waals surface area contributed by atoms with Crippen LogP contribution in [-0.2, 0) is 37.0 Å². The number of ether oxygens (including phenoxy) is 3. The maximum atomic E-state index is 12.5. The third-order valence-corrected chi connectivity index (χ3v) is 4.03. The second-order valence-electron chi connectivity index (χ2n) is 6.05. The number of rotatable bonds is 6. The topological polar surface area (TPSA) is 90.9 Å². The molecule has 140 valence electrons. The van der Waals surface area contributed by atoms with Crippen LogP contribution >= 0.6 is 0 Å². The number of amides is 1. The maximum absolute atomic E-state index is 12.5. The zero-order valence-electron chi connectivity index (χ0n) is 14.6. The van der Waals surface area contributed by atoms with E-state index in [0.717, 1.165) is 11.1 Å². The monoisotopic (exact) mass is 369 g/mol. The second-order valence-corrected chi connectivity index (χ2v) is 6.05. The van der Waals surface area contributed by atoms with Gasteiger partial charge >= 0.3 is 18.0 Å². The van der Waals surface area contributed by atoms with E-state index >= 15 is 0 Å². The van der Waals surface area contributed by atoms with Gasteiger partial charge in [0.1, 0.15) is 13.2 Å². The first kappa shape index (κ1) is 18.4. The molecular weight excluding hydrogens is 350 g/mol. The van der Waals surface area contributed by atoms with Crippen molar-refractivity contribution in [2.45, 2.75) is 31.8 Å². The van der Waals surface area contributed by atoms with Crippen molar-refractivity contribution in [2.24, 2.45) is 0 Å². The van der Waals surface area contributed by atoms with Crippen molar-refractivity contribution in [3.05, 3.63) is 71.8 Å². The van der Waals surface area contributed by atoms with Gasteiger partial charge in [0.05, 0.1) is 6.42 Å². The number of hydrogen-bond acceptors (Lipinski definition) is 6. The van der Waals surface area contributed by atoms with Crippen molar-refractivity contribution < 1.29 is 28.6 Å². The van der Waals surface area contributed by atoms with Gasteiger partial charge in [-0.15, -0.1) is 0 Å². The summed E-state index contributed by atoms with van der Waals surface area (Å²) in [6.07, 6.45) is -0.885. The molecule has 1 aliphatic heterocycles. The molecule has 2 aromatic rings. The first-order valence-corrected chi connectivity index (χ1v) is 8.49. The standard InChI is InChI=1S/C20H19NO6/c22-17-11-12-20(27-17,18(23)25-13-15-7-3-1-4-8-15)21-19(24)26-14-16-9-5-2-6-10-16/h1-10H,11-14H2,(H,21,24). The summed E-state index contributed by atoms with van der Waals surface area (Å²) >= 11 is 0. The molecule has 1 fully saturated rings. The highest BCUT2D eigenvalue weighted by molar-refractivity contribution is 5.89. The van der Waals surface area contributed by atoms with Crippen LogP contribution in [0, 0.1) is 0 Å². The molecule has 27 heavy (non-hydrogen) atoms. The second kappa shape index (κ2) is 8.35. The van der Waals surface area contributed by atoms with Gasteiger partial charge in [-0.1, -0.05) is 60.7 Å². The van der Waals surface area contributed by atoms with Crippen LogP contribution in [-0.4, -0.2) is 23.8 Å². The predicted octanol–water partition coefficient (Wildman–Crippen LogP) is 2.69. The molecule has 7 nitrogen and oxygen atoms in total. The number of benzene rings is 2. The average molecular weight is 369 g/mol. The summed E-state index contributed by atoms with van der Waals surface area (Å²) in [7, 11) is 0. The van der Waals surface area contributed by atoms with E-state index in [2.05, 4.69) is 5.32 Å². The Morgan fingerprint density at radius 1 is 0.926 bits per heavy atom. The van der Waals surface area contributed by atoms with Gasteiger partial charge in [0.25, 0.3) is 5.72 Å². The van der Waals surface area contributed by atoms with Gasteiger partial charge in [0, 0.05) is 6.42 Å². The average Bonchev–Trinajstić information content (AvgIpc) is 3.07. The molecule has 0 radical (unpaired) electrons. The first-order valence-electron chi connectivity index (χ1n) is 8.49. The number of nitrogens with one attached hydrogen (secondary N) is 1. The Kier molecular flexibility index (Phi) is 5.71. The van der Waals surface area contributed by atoms with Gasteiger partial charge < -0.3 is 14.2 Å². The zero-order chi connectivity index (χ0) is 19.1. The lowest BCUT2D eigenvalue weighted by Crippen LogP contribution is -2.55. The SMILES string of the molecule is O=C1CCC(NC(=O)OCc2ccccc2)(C(=O)OCc2ccccc2)O1. The third kappa shape index (κ3) is 4.84. The lowest BCUT2D eigenvalue weighted by Gasteiger charge is -2.26.